The van der Waals surface area contributed by atoms with Crippen LogP contribution >= 0.6 is 23.2 Å². The number of carbonyl (C=O) groups excluding carboxylic acids is 4. The number of carbonyl (C=O) groups is 4. The number of hydrazine groups is 1. The van der Waals surface area contributed by atoms with Crippen LogP contribution in [0.1, 0.15) is 16.8 Å². The van der Waals surface area contributed by atoms with E-state index in [1.807, 2.05) is 0 Å². The monoisotopic (exact) mass is 479 g/mol. The van der Waals surface area contributed by atoms with Gasteiger partial charge in [0, 0.05) is 12.1 Å². The van der Waals surface area contributed by atoms with Crippen molar-refractivity contribution < 1.29 is 28.7 Å². The molecule has 0 saturated carbocycles. The van der Waals surface area contributed by atoms with E-state index in [4.69, 9.17) is 32.7 Å². The number of halogens is 2. The van der Waals surface area contributed by atoms with Crippen LogP contribution in [-0.4, -0.2) is 49.0 Å². The summed E-state index contributed by atoms with van der Waals surface area (Å²) in [5, 5.41) is 4.18. The van der Waals surface area contributed by atoms with Crippen LogP contribution in [0.3, 0.4) is 0 Å². The van der Waals surface area contributed by atoms with E-state index in [2.05, 4.69) is 10.7 Å². The number of hydrogen-bond acceptors (Lipinski definition) is 6. The fraction of sp³-hybridized carbons (Fsp3) is 0.238. The molecule has 1 fully saturated rings. The third-order valence-corrected chi connectivity index (χ3v) is 5.33. The molecule has 0 aliphatic carbocycles. The molecule has 0 aromatic heterocycles. The zero-order chi connectivity index (χ0) is 23.3. The van der Waals surface area contributed by atoms with Crippen molar-refractivity contribution in [3.8, 4) is 5.75 Å². The number of hydrogen-bond donors (Lipinski definition) is 2. The number of ether oxygens (including phenoxy) is 2. The predicted molar refractivity (Wildman–Crippen MR) is 116 cm³/mol. The minimum atomic E-state index is -0.821. The number of benzene rings is 2. The number of rotatable bonds is 7. The van der Waals surface area contributed by atoms with Gasteiger partial charge in [-0.2, -0.15) is 0 Å². The average molecular weight is 480 g/mol. The zero-order valence-corrected chi connectivity index (χ0v) is 18.4. The fourth-order valence-corrected chi connectivity index (χ4v) is 3.31. The molecule has 0 spiro atoms. The molecule has 1 saturated heterocycles. The molecular weight excluding hydrogens is 461 g/mol. The second kappa shape index (κ2) is 10.3. The minimum absolute atomic E-state index is 0.0764. The maximum atomic E-state index is 12.5. The summed E-state index contributed by atoms with van der Waals surface area (Å²) in [6, 6.07) is 11.1. The highest BCUT2D eigenvalue weighted by Gasteiger charge is 2.37. The third kappa shape index (κ3) is 5.68. The number of nitrogens with zero attached hydrogens (tertiary/aromatic N) is 1. The van der Waals surface area contributed by atoms with Crippen LogP contribution in [0.15, 0.2) is 42.5 Å². The lowest BCUT2D eigenvalue weighted by Gasteiger charge is -2.18. The van der Waals surface area contributed by atoms with Gasteiger partial charge >= 0.3 is 5.97 Å². The van der Waals surface area contributed by atoms with Gasteiger partial charge in [-0.15, -0.1) is 0 Å². The van der Waals surface area contributed by atoms with Crippen molar-refractivity contribution >= 4 is 52.6 Å². The SMILES string of the molecule is COc1ccccc1C(=O)NN1C[C@@H](C(=O)OCC(=O)Nc2ccc(Cl)c(Cl)c2)CC1=O. The second-order valence-electron chi connectivity index (χ2n) is 6.83. The number of amides is 3. The van der Waals surface area contributed by atoms with Crippen molar-refractivity contribution in [3.63, 3.8) is 0 Å². The van der Waals surface area contributed by atoms with Gasteiger partial charge in [0.05, 0.1) is 35.2 Å². The molecule has 2 N–H and O–H groups in total. The van der Waals surface area contributed by atoms with Gasteiger partial charge in [-0.1, -0.05) is 35.3 Å². The first-order chi connectivity index (χ1) is 15.3. The Labute approximate surface area is 193 Å². The van der Waals surface area contributed by atoms with Gasteiger partial charge in [0.25, 0.3) is 11.8 Å². The Kier molecular flexibility index (Phi) is 7.55. The molecule has 2 aromatic rings. The Morgan fingerprint density at radius 1 is 1.12 bits per heavy atom. The smallest absolute Gasteiger partial charge is 0.311 e. The first kappa shape index (κ1) is 23.4. The summed E-state index contributed by atoms with van der Waals surface area (Å²) >= 11 is 11.7. The van der Waals surface area contributed by atoms with Crippen molar-refractivity contribution in [2.45, 2.75) is 6.42 Å². The molecule has 32 heavy (non-hydrogen) atoms. The average Bonchev–Trinajstić information content (AvgIpc) is 3.14. The van der Waals surface area contributed by atoms with Crippen LogP contribution in [-0.2, 0) is 19.1 Å². The zero-order valence-electron chi connectivity index (χ0n) is 16.9. The van der Waals surface area contributed by atoms with E-state index >= 15 is 0 Å². The lowest BCUT2D eigenvalue weighted by Crippen LogP contribution is -2.43. The van der Waals surface area contributed by atoms with Gasteiger partial charge in [-0.3, -0.25) is 29.6 Å². The maximum Gasteiger partial charge on any atom is 0.311 e. The molecule has 3 rings (SSSR count). The topological polar surface area (TPSA) is 114 Å². The van der Waals surface area contributed by atoms with Crippen molar-refractivity contribution in [2.75, 3.05) is 25.6 Å². The molecule has 3 amide bonds. The molecule has 1 aliphatic rings. The van der Waals surface area contributed by atoms with Crippen LogP contribution in [0.2, 0.25) is 10.0 Å². The Morgan fingerprint density at radius 2 is 1.88 bits per heavy atom. The molecule has 1 atom stereocenters. The lowest BCUT2D eigenvalue weighted by molar-refractivity contribution is -0.151. The minimum Gasteiger partial charge on any atom is -0.496 e. The summed E-state index contributed by atoms with van der Waals surface area (Å²) in [4.78, 5) is 49.0. The van der Waals surface area contributed by atoms with Crippen molar-refractivity contribution in [1.82, 2.24) is 10.4 Å². The van der Waals surface area contributed by atoms with E-state index in [1.54, 1.807) is 30.3 Å². The normalized spacial score (nSPS) is 15.3. The molecule has 1 aliphatic heterocycles. The highest BCUT2D eigenvalue weighted by atomic mass is 35.5. The number of anilines is 1. The fourth-order valence-electron chi connectivity index (χ4n) is 3.01. The van der Waals surface area contributed by atoms with Gasteiger partial charge < -0.3 is 14.8 Å². The molecule has 0 bridgehead atoms. The standard InChI is InChI=1S/C21H19Cl2N3O6/c1-31-17-5-3-2-4-14(17)20(29)25-26-10-12(8-19(26)28)21(30)32-11-18(27)24-13-6-7-15(22)16(23)9-13/h2-7,9,12H,8,10-11H2,1H3,(H,24,27)(H,25,29)/t12-/m0/s1. The van der Waals surface area contributed by atoms with E-state index < -0.39 is 36.2 Å². The molecule has 9 nitrogen and oxygen atoms in total. The van der Waals surface area contributed by atoms with Crippen LogP contribution in [0.4, 0.5) is 5.69 Å². The van der Waals surface area contributed by atoms with Crippen molar-refractivity contribution in [3.05, 3.63) is 58.1 Å². The Morgan fingerprint density at radius 3 is 2.59 bits per heavy atom. The number of methoxy groups -OCH3 is 1. The molecule has 0 unspecified atom stereocenters. The van der Waals surface area contributed by atoms with E-state index in [9.17, 15) is 19.2 Å². The Bertz CT molecular complexity index is 1060. The van der Waals surface area contributed by atoms with E-state index in [0.29, 0.717) is 16.5 Å². The summed E-state index contributed by atoms with van der Waals surface area (Å²) < 4.78 is 10.2. The lowest BCUT2D eigenvalue weighted by atomic mass is 10.1. The summed E-state index contributed by atoms with van der Waals surface area (Å²) in [6.07, 6.45) is -0.153. The van der Waals surface area contributed by atoms with Crippen LogP contribution in [0.25, 0.3) is 0 Å². The van der Waals surface area contributed by atoms with Gasteiger partial charge in [0.1, 0.15) is 5.75 Å². The number of esters is 1. The van der Waals surface area contributed by atoms with Crippen molar-refractivity contribution in [2.24, 2.45) is 5.92 Å². The molecule has 1 heterocycles. The van der Waals surface area contributed by atoms with Gasteiger partial charge in [-0.05, 0) is 30.3 Å². The van der Waals surface area contributed by atoms with Crippen molar-refractivity contribution in [1.29, 1.82) is 0 Å². The molecule has 2 aromatic carbocycles. The summed E-state index contributed by atoms with van der Waals surface area (Å²) in [5.74, 6) is -2.78. The van der Waals surface area contributed by atoms with Crippen LogP contribution < -0.4 is 15.5 Å². The van der Waals surface area contributed by atoms with E-state index in [-0.39, 0.29) is 23.6 Å². The largest absolute Gasteiger partial charge is 0.496 e. The Balaban J connectivity index is 1.50. The highest BCUT2D eigenvalue weighted by molar-refractivity contribution is 6.42. The van der Waals surface area contributed by atoms with E-state index in [0.717, 1.165) is 5.01 Å². The maximum absolute atomic E-state index is 12.5. The molecule has 168 valence electrons. The summed E-state index contributed by atoms with van der Waals surface area (Å²) in [6.45, 7) is -0.621. The first-order valence-corrected chi connectivity index (χ1v) is 10.2. The highest BCUT2D eigenvalue weighted by Crippen LogP contribution is 2.25. The predicted octanol–water partition coefficient (Wildman–Crippen LogP) is 2.68. The summed E-state index contributed by atoms with van der Waals surface area (Å²) in [7, 11) is 1.43. The first-order valence-electron chi connectivity index (χ1n) is 9.44. The van der Waals surface area contributed by atoms with Gasteiger partial charge in [-0.25, -0.2) is 0 Å². The number of nitrogens with one attached hydrogen (secondary N) is 2. The van der Waals surface area contributed by atoms with E-state index in [1.165, 1.54) is 19.2 Å². The van der Waals surface area contributed by atoms with Crippen LogP contribution in [0, 0.1) is 5.92 Å². The van der Waals surface area contributed by atoms with Gasteiger partial charge in [0.15, 0.2) is 6.61 Å². The quantitative estimate of drug-likeness (QED) is 0.590. The molecular formula is C21H19Cl2N3O6. The third-order valence-electron chi connectivity index (χ3n) is 4.60. The number of para-hydroxylation sites is 1. The van der Waals surface area contributed by atoms with Crippen LogP contribution in [0.5, 0.6) is 5.75 Å². The summed E-state index contributed by atoms with van der Waals surface area (Å²) in [5.41, 5.74) is 3.10. The second-order valence-corrected chi connectivity index (χ2v) is 7.65. The molecule has 0 radical (unpaired) electrons. The Hall–Kier alpha value is -3.30. The van der Waals surface area contributed by atoms with Gasteiger partial charge in [0.2, 0.25) is 5.91 Å². The molecule has 11 heteroatoms.